The van der Waals surface area contributed by atoms with Crippen molar-refractivity contribution in [1.29, 1.82) is 0 Å². The molecule has 4 aliphatic carbocycles. The molecule has 0 unspecified atom stereocenters. The maximum Gasteiger partial charge on any atom is 0.217 e. The molecule has 6 rings (SSSR count). The van der Waals surface area contributed by atoms with Crippen LogP contribution in [0.3, 0.4) is 0 Å². The summed E-state index contributed by atoms with van der Waals surface area (Å²) in [4.78, 5) is 11.7. The van der Waals surface area contributed by atoms with Crippen molar-refractivity contribution in [3.05, 3.63) is 0 Å². The lowest BCUT2D eigenvalue weighted by molar-refractivity contribution is -0.273. The molecular formula is C29H47NO3. The second-order valence-electron chi connectivity index (χ2n) is 13.8. The maximum absolute atomic E-state index is 11.7. The van der Waals surface area contributed by atoms with Crippen molar-refractivity contribution in [1.82, 2.24) is 5.32 Å². The highest BCUT2D eigenvalue weighted by molar-refractivity contribution is 5.73. The molecule has 2 saturated heterocycles. The van der Waals surface area contributed by atoms with E-state index >= 15 is 0 Å². The quantitative estimate of drug-likeness (QED) is 0.530. The van der Waals surface area contributed by atoms with E-state index in [1.807, 2.05) is 0 Å². The van der Waals surface area contributed by atoms with Crippen LogP contribution in [-0.4, -0.2) is 30.4 Å². The first-order chi connectivity index (χ1) is 15.7. The average Bonchev–Trinajstić information content (AvgIpc) is 3.21. The molecule has 0 aromatic rings. The first-order valence-corrected chi connectivity index (χ1v) is 14.2. The molecule has 12 atom stereocenters. The molecule has 0 aromatic carbocycles. The summed E-state index contributed by atoms with van der Waals surface area (Å²) in [5.74, 6) is 5.03. The smallest absolute Gasteiger partial charge is 0.217 e. The van der Waals surface area contributed by atoms with Gasteiger partial charge in [0.25, 0.3) is 0 Å². The van der Waals surface area contributed by atoms with Gasteiger partial charge in [0.2, 0.25) is 5.91 Å². The summed E-state index contributed by atoms with van der Waals surface area (Å²) in [5, 5.41) is 3.24. The molecule has 4 nitrogen and oxygen atoms in total. The van der Waals surface area contributed by atoms with Crippen LogP contribution < -0.4 is 5.32 Å². The number of hydrogen-bond acceptors (Lipinski definition) is 3. The number of ether oxygens (including phenoxy) is 2. The molecule has 2 heterocycles. The lowest BCUT2D eigenvalue weighted by Crippen LogP contribution is -2.56. The van der Waals surface area contributed by atoms with E-state index in [0.29, 0.717) is 40.7 Å². The normalized spacial score (nSPS) is 57.7. The standard InChI is InChI=1S/C29H47NO3/c1-17-8-13-29(32-16-17)18(2)26-25(33-29)15-24-22-7-6-20-14-21(30-19(3)31)9-11-27(20,4)23(22)10-12-28(24,26)5/h17-18,20-26H,6-16H2,1-5H3,(H,30,31)/t17-,18-,20-,21-,22+,23-,24-,25-,26-,27-,28-,29+/m0/s1. The van der Waals surface area contributed by atoms with Gasteiger partial charge >= 0.3 is 0 Å². The SMILES string of the molecule is CC(=O)N[C@H]1CC[C@@]2(C)[C@@H](CC[C@@H]3[C@@H]2CC[C@]2(C)[C@@H]4[C@H](C[C@@H]32)O[C@]2(CC[C@H](C)CO2)[C@H]4C)C1. The second kappa shape index (κ2) is 7.69. The minimum absolute atomic E-state index is 0.145. The Morgan fingerprint density at radius 1 is 0.909 bits per heavy atom. The van der Waals surface area contributed by atoms with E-state index in [0.717, 1.165) is 36.7 Å². The van der Waals surface area contributed by atoms with Crippen molar-refractivity contribution in [3.63, 3.8) is 0 Å². The Hall–Kier alpha value is -0.610. The zero-order valence-corrected chi connectivity index (χ0v) is 21.7. The zero-order valence-electron chi connectivity index (χ0n) is 21.7. The third kappa shape index (κ3) is 3.25. The molecule has 1 spiro atoms. The monoisotopic (exact) mass is 457 g/mol. The molecule has 1 N–H and O–H groups in total. The predicted octanol–water partition coefficient (Wildman–Crippen LogP) is 5.94. The molecule has 0 bridgehead atoms. The van der Waals surface area contributed by atoms with E-state index in [4.69, 9.17) is 9.47 Å². The summed E-state index contributed by atoms with van der Waals surface area (Å²) >= 11 is 0. The van der Waals surface area contributed by atoms with Crippen LogP contribution in [0.1, 0.15) is 98.8 Å². The molecule has 1 amide bonds. The topological polar surface area (TPSA) is 47.6 Å². The van der Waals surface area contributed by atoms with Crippen LogP contribution in [0.4, 0.5) is 0 Å². The number of amides is 1. The molecule has 4 heteroatoms. The van der Waals surface area contributed by atoms with Gasteiger partial charge < -0.3 is 14.8 Å². The van der Waals surface area contributed by atoms with Gasteiger partial charge in [-0.25, -0.2) is 0 Å². The maximum atomic E-state index is 11.7. The number of hydrogen-bond donors (Lipinski definition) is 1. The molecule has 4 saturated carbocycles. The van der Waals surface area contributed by atoms with Gasteiger partial charge in [-0.3, -0.25) is 4.79 Å². The van der Waals surface area contributed by atoms with E-state index < -0.39 is 0 Å². The van der Waals surface area contributed by atoms with Gasteiger partial charge in [0.05, 0.1) is 12.7 Å². The Kier molecular flexibility index (Phi) is 5.32. The van der Waals surface area contributed by atoms with Gasteiger partial charge in [0.1, 0.15) is 0 Å². The zero-order chi connectivity index (χ0) is 23.2. The molecule has 186 valence electrons. The van der Waals surface area contributed by atoms with Gasteiger partial charge in [0.15, 0.2) is 5.79 Å². The first kappa shape index (κ1) is 22.8. The van der Waals surface area contributed by atoms with Gasteiger partial charge in [-0.05, 0) is 104 Å². The number of carbonyl (C=O) groups is 1. The average molecular weight is 458 g/mol. The highest BCUT2D eigenvalue weighted by atomic mass is 16.7. The summed E-state index contributed by atoms with van der Waals surface area (Å²) in [6, 6.07) is 0.403. The number of rotatable bonds is 1. The summed E-state index contributed by atoms with van der Waals surface area (Å²) in [6.45, 7) is 12.6. The van der Waals surface area contributed by atoms with Crippen molar-refractivity contribution in [2.75, 3.05) is 6.61 Å². The van der Waals surface area contributed by atoms with Crippen molar-refractivity contribution >= 4 is 5.91 Å². The van der Waals surface area contributed by atoms with E-state index in [-0.39, 0.29) is 11.7 Å². The number of nitrogens with one attached hydrogen (secondary N) is 1. The fourth-order valence-electron chi connectivity index (χ4n) is 10.7. The summed E-state index contributed by atoms with van der Waals surface area (Å²) < 4.78 is 13.4. The summed E-state index contributed by atoms with van der Waals surface area (Å²) in [7, 11) is 0. The van der Waals surface area contributed by atoms with Crippen LogP contribution in [0.15, 0.2) is 0 Å². The Labute approximate surface area is 201 Å². The minimum Gasteiger partial charge on any atom is -0.354 e. The molecule has 6 fully saturated rings. The molecule has 2 aliphatic heterocycles. The van der Waals surface area contributed by atoms with Gasteiger partial charge in [-0.1, -0.05) is 27.7 Å². The lowest BCUT2D eigenvalue weighted by Gasteiger charge is -2.61. The van der Waals surface area contributed by atoms with Crippen LogP contribution >= 0.6 is 0 Å². The molecule has 0 aromatic heterocycles. The molecule has 33 heavy (non-hydrogen) atoms. The minimum atomic E-state index is -0.293. The van der Waals surface area contributed by atoms with E-state index in [1.165, 1.54) is 57.8 Å². The Bertz CT molecular complexity index is 790. The van der Waals surface area contributed by atoms with Gasteiger partial charge in [-0.2, -0.15) is 0 Å². The van der Waals surface area contributed by atoms with Crippen LogP contribution in [-0.2, 0) is 14.3 Å². The van der Waals surface area contributed by atoms with E-state index in [2.05, 4.69) is 33.0 Å². The summed E-state index contributed by atoms with van der Waals surface area (Å²) in [5.41, 5.74) is 0.880. The van der Waals surface area contributed by atoms with Gasteiger partial charge in [-0.15, -0.1) is 0 Å². The Morgan fingerprint density at radius 3 is 2.42 bits per heavy atom. The van der Waals surface area contributed by atoms with Crippen LogP contribution in [0.25, 0.3) is 0 Å². The number of fused-ring (bicyclic) bond motifs is 7. The third-order valence-electron chi connectivity index (χ3n) is 12.3. The van der Waals surface area contributed by atoms with E-state index in [1.54, 1.807) is 6.92 Å². The number of carbonyl (C=O) groups excluding carboxylic acids is 1. The fourth-order valence-corrected chi connectivity index (χ4v) is 10.7. The second-order valence-corrected chi connectivity index (χ2v) is 13.8. The van der Waals surface area contributed by atoms with Crippen molar-refractivity contribution in [3.8, 4) is 0 Å². The van der Waals surface area contributed by atoms with Crippen LogP contribution in [0.2, 0.25) is 0 Å². The van der Waals surface area contributed by atoms with Crippen LogP contribution in [0, 0.1) is 52.3 Å². The predicted molar refractivity (Wildman–Crippen MR) is 129 cm³/mol. The van der Waals surface area contributed by atoms with Crippen molar-refractivity contribution < 1.29 is 14.3 Å². The fraction of sp³-hybridized carbons (Fsp3) is 0.966. The lowest BCUT2D eigenvalue weighted by atomic mass is 9.44. The van der Waals surface area contributed by atoms with E-state index in [9.17, 15) is 4.79 Å². The molecule has 6 aliphatic rings. The molecular weight excluding hydrogens is 410 g/mol. The molecule has 0 radical (unpaired) electrons. The van der Waals surface area contributed by atoms with Crippen molar-refractivity contribution in [2.24, 2.45) is 52.3 Å². The van der Waals surface area contributed by atoms with Gasteiger partial charge in [0, 0.05) is 25.3 Å². The summed E-state index contributed by atoms with van der Waals surface area (Å²) in [6.07, 6.45) is 13.2. The van der Waals surface area contributed by atoms with Crippen molar-refractivity contribution in [2.45, 2.75) is 117 Å². The third-order valence-corrected chi connectivity index (χ3v) is 12.3. The first-order valence-electron chi connectivity index (χ1n) is 14.2. The Morgan fingerprint density at radius 2 is 1.70 bits per heavy atom. The highest BCUT2D eigenvalue weighted by Crippen LogP contribution is 2.71. The largest absolute Gasteiger partial charge is 0.354 e. The Balaban J connectivity index is 1.21. The van der Waals surface area contributed by atoms with Crippen LogP contribution in [0.5, 0.6) is 0 Å². The highest BCUT2D eigenvalue weighted by Gasteiger charge is 2.69.